The van der Waals surface area contributed by atoms with Crippen molar-refractivity contribution in [2.75, 3.05) is 0 Å². The molecule has 6 heteroatoms. The Bertz CT molecular complexity index is 841. The largest absolute Gasteiger partial charge is 0.384 e. The maximum Gasteiger partial charge on any atom is 0.323 e. The van der Waals surface area contributed by atoms with Crippen LogP contribution in [0.15, 0.2) is 45.7 Å². The van der Waals surface area contributed by atoms with E-state index >= 15 is 0 Å². The van der Waals surface area contributed by atoms with Gasteiger partial charge in [0.05, 0.1) is 11.0 Å². The molecule has 102 valence electrons. The molecule has 0 saturated carbocycles. The van der Waals surface area contributed by atoms with Gasteiger partial charge in [0.2, 0.25) is 0 Å². The molecule has 3 N–H and O–H groups in total. The summed E-state index contributed by atoms with van der Waals surface area (Å²) in [4.78, 5) is 16.4. The smallest absolute Gasteiger partial charge is 0.323 e. The van der Waals surface area contributed by atoms with E-state index in [1.165, 1.54) is 12.1 Å². The highest BCUT2D eigenvalue weighted by molar-refractivity contribution is 9.10. The second kappa shape index (κ2) is 4.88. The second-order valence-electron chi connectivity index (χ2n) is 4.45. The number of benzene rings is 2. The topological polar surface area (TPSA) is 68.9 Å². The number of nitrogens with one attached hydrogen (secondary N) is 2. The number of H-pyrrole nitrogens is 2. The summed E-state index contributed by atoms with van der Waals surface area (Å²) in [5, 5.41) is 10.3. The molecule has 0 aliphatic heterocycles. The molecule has 0 spiro atoms. The van der Waals surface area contributed by atoms with Gasteiger partial charge in [0.25, 0.3) is 0 Å². The molecule has 4 nitrogen and oxygen atoms in total. The lowest BCUT2D eigenvalue weighted by molar-refractivity contribution is 0.215. The number of rotatable bonds is 2. The first-order chi connectivity index (χ1) is 9.54. The van der Waals surface area contributed by atoms with Crippen molar-refractivity contribution in [1.82, 2.24) is 9.97 Å². The lowest BCUT2D eigenvalue weighted by Crippen LogP contribution is -2.02. The zero-order valence-corrected chi connectivity index (χ0v) is 11.7. The summed E-state index contributed by atoms with van der Waals surface area (Å²) >= 11 is 3.25. The molecule has 0 aliphatic rings. The van der Waals surface area contributed by atoms with Gasteiger partial charge in [-0.15, -0.1) is 0 Å². The fourth-order valence-electron chi connectivity index (χ4n) is 2.12. The monoisotopic (exact) mass is 336 g/mol. The molecule has 0 saturated heterocycles. The number of hydrogen-bond donors (Lipinski definition) is 3. The Hall–Kier alpha value is -1.92. The summed E-state index contributed by atoms with van der Waals surface area (Å²) in [7, 11) is 0. The molecule has 0 fully saturated rings. The van der Waals surface area contributed by atoms with Crippen LogP contribution in [-0.2, 0) is 0 Å². The maximum atomic E-state index is 13.8. The molecule has 3 rings (SSSR count). The van der Waals surface area contributed by atoms with Crippen molar-refractivity contribution in [3.8, 4) is 0 Å². The number of aliphatic hydroxyl groups is 1. The molecule has 1 atom stereocenters. The van der Waals surface area contributed by atoms with Crippen LogP contribution >= 0.6 is 15.9 Å². The van der Waals surface area contributed by atoms with E-state index in [0.29, 0.717) is 21.1 Å². The average Bonchev–Trinajstić information content (AvgIpc) is 2.79. The van der Waals surface area contributed by atoms with Crippen LogP contribution in [0.5, 0.6) is 0 Å². The van der Waals surface area contributed by atoms with Crippen LogP contribution < -0.4 is 5.69 Å². The molecule has 1 aromatic heterocycles. The van der Waals surface area contributed by atoms with Gasteiger partial charge in [-0.05, 0) is 35.9 Å². The number of aliphatic hydroxyl groups excluding tert-OH is 1. The van der Waals surface area contributed by atoms with Crippen molar-refractivity contribution < 1.29 is 9.50 Å². The first-order valence-corrected chi connectivity index (χ1v) is 6.69. The van der Waals surface area contributed by atoms with Crippen LogP contribution in [0.2, 0.25) is 0 Å². The number of aromatic nitrogens is 2. The number of imidazole rings is 1. The molecule has 3 aromatic rings. The minimum absolute atomic E-state index is 0.177. The summed E-state index contributed by atoms with van der Waals surface area (Å²) in [5.41, 5.74) is 1.57. The van der Waals surface area contributed by atoms with E-state index in [9.17, 15) is 14.3 Å². The minimum atomic E-state index is -1.10. The predicted molar refractivity (Wildman–Crippen MR) is 77.1 cm³/mol. The van der Waals surface area contributed by atoms with Crippen molar-refractivity contribution in [2.45, 2.75) is 6.10 Å². The third-order valence-electron chi connectivity index (χ3n) is 3.11. The second-order valence-corrected chi connectivity index (χ2v) is 5.37. The van der Waals surface area contributed by atoms with Crippen LogP contribution in [0.3, 0.4) is 0 Å². The quantitative estimate of drug-likeness (QED) is 0.673. The summed E-state index contributed by atoms with van der Waals surface area (Å²) in [6, 6.07) is 9.33. The first-order valence-electron chi connectivity index (χ1n) is 5.89. The Morgan fingerprint density at radius 3 is 2.65 bits per heavy atom. The van der Waals surface area contributed by atoms with Crippen LogP contribution in [0.4, 0.5) is 4.39 Å². The van der Waals surface area contributed by atoms with E-state index in [-0.39, 0.29) is 11.3 Å². The Morgan fingerprint density at radius 2 is 1.85 bits per heavy atom. The van der Waals surface area contributed by atoms with Gasteiger partial charge in [0.1, 0.15) is 11.9 Å². The number of hydrogen-bond acceptors (Lipinski definition) is 2. The zero-order chi connectivity index (χ0) is 14.3. The predicted octanol–water partition coefficient (Wildman–Crippen LogP) is 2.84. The van der Waals surface area contributed by atoms with Gasteiger partial charge in [-0.3, -0.25) is 0 Å². The van der Waals surface area contributed by atoms with Crippen molar-refractivity contribution in [3.05, 3.63) is 68.3 Å². The Kier molecular flexibility index (Phi) is 3.19. The van der Waals surface area contributed by atoms with E-state index in [0.717, 1.165) is 0 Å². The molecule has 0 aliphatic carbocycles. The summed E-state index contributed by atoms with van der Waals surface area (Å²) in [6.07, 6.45) is -1.10. The summed E-state index contributed by atoms with van der Waals surface area (Å²) in [6.45, 7) is 0. The Labute approximate surface area is 121 Å². The van der Waals surface area contributed by atoms with E-state index in [1.54, 1.807) is 24.3 Å². The zero-order valence-electron chi connectivity index (χ0n) is 10.2. The van der Waals surface area contributed by atoms with Crippen molar-refractivity contribution in [1.29, 1.82) is 0 Å². The van der Waals surface area contributed by atoms with Gasteiger partial charge in [-0.1, -0.05) is 22.0 Å². The molecular formula is C14H10BrFN2O2. The molecule has 0 amide bonds. The van der Waals surface area contributed by atoms with Gasteiger partial charge in [-0.2, -0.15) is 0 Å². The standard InChI is InChI=1S/C14H10BrFN2O2/c15-8-2-3-10(16)9(6-8)13(19)7-1-4-11-12(5-7)18-14(20)17-11/h1-6,13,19H,(H2,17,18,20). The fourth-order valence-corrected chi connectivity index (χ4v) is 2.50. The average molecular weight is 337 g/mol. The molecular weight excluding hydrogens is 327 g/mol. The van der Waals surface area contributed by atoms with Crippen LogP contribution in [-0.4, -0.2) is 15.1 Å². The van der Waals surface area contributed by atoms with Gasteiger partial charge in [-0.25, -0.2) is 9.18 Å². The van der Waals surface area contributed by atoms with Crippen LogP contribution in [0, 0.1) is 5.82 Å². The molecule has 2 aromatic carbocycles. The maximum absolute atomic E-state index is 13.8. The van der Waals surface area contributed by atoms with Gasteiger partial charge < -0.3 is 15.1 Å². The number of halogens is 2. The lowest BCUT2D eigenvalue weighted by Gasteiger charge is -2.13. The molecule has 1 heterocycles. The van der Waals surface area contributed by atoms with E-state index < -0.39 is 11.9 Å². The van der Waals surface area contributed by atoms with E-state index in [2.05, 4.69) is 25.9 Å². The first kappa shape index (κ1) is 13.1. The Balaban J connectivity index is 2.09. The van der Waals surface area contributed by atoms with E-state index in [1.807, 2.05) is 0 Å². The molecule has 20 heavy (non-hydrogen) atoms. The minimum Gasteiger partial charge on any atom is -0.384 e. The third kappa shape index (κ3) is 2.28. The van der Waals surface area contributed by atoms with E-state index in [4.69, 9.17) is 0 Å². The normalized spacial score (nSPS) is 12.8. The summed E-state index contributed by atoms with van der Waals surface area (Å²) < 4.78 is 14.5. The number of fused-ring (bicyclic) bond motifs is 1. The van der Waals surface area contributed by atoms with Crippen molar-refractivity contribution in [3.63, 3.8) is 0 Å². The molecule has 1 unspecified atom stereocenters. The van der Waals surface area contributed by atoms with Gasteiger partial charge >= 0.3 is 5.69 Å². The third-order valence-corrected chi connectivity index (χ3v) is 3.60. The lowest BCUT2D eigenvalue weighted by atomic mass is 10.0. The highest BCUT2D eigenvalue weighted by atomic mass is 79.9. The van der Waals surface area contributed by atoms with Gasteiger partial charge in [0, 0.05) is 10.0 Å². The van der Waals surface area contributed by atoms with Crippen LogP contribution in [0.1, 0.15) is 17.2 Å². The number of aromatic amines is 2. The van der Waals surface area contributed by atoms with Crippen LogP contribution in [0.25, 0.3) is 11.0 Å². The van der Waals surface area contributed by atoms with Crippen molar-refractivity contribution in [2.24, 2.45) is 0 Å². The summed E-state index contributed by atoms with van der Waals surface area (Å²) in [5.74, 6) is -0.483. The van der Waals surface area contributed by atoms with Crippen molar-refractivity contribution >= 4 is 27.0 Å². The molecule has 0 bridgehead atoms. The fraction of sp³-hybridized carbons (Fsp3) is 0.0714. The Morgan fingerprint density at radius 1 is 1.10 bits per heavy atom. The SMILES string of the molecule is O=c1[nH]c2ccc(C(O)c3cc(Br)ccc3F)cc2[nH]1. The highest BCUT2D eigenvalue weighted by Crippen LogP contribution is 2.28. The highest BCUT2D eigenvalue weighted by Gasteiger charge is 2.16. The van der Waals surface area contributed by atoms with Gasteiger partial charge in [0.15, 0.2) is 0 Å². The molecule has 0 radical (unpaired) electrons.